The molecule has 0 N–H and O–H groups in total. The normalized spacial score (nSPS) is 12.4. The molecule has 0 spiro atoms. The minimum atomic E-state index is 0.754. The first-order valence-corrected chi connectivity index (χ1v) is 6.65. The van der Waals surface area contributed by atoms with Gasteiger partial charge in [0.25, 0.3) is 0 Å². The maximum atomic E-state index is 5.68. The van der Waals surface area contributed by atoms with E-state index in [1.807, 2.05) is 0 Å². The molecule has 1 unspecified atom stereocenters. The Morgan fingerprint density at radius 1 is 1.12 bits per heavy atom. The minimum absolute atomic E-state index is 0.754. The third-order valence-corrected chi connectivity index (χ3v) is 2.82. The fourth-order valence-corrected chi connectivity index (χ4v) is 1.62. The van der Waals surface area contributed by atoms with Crippen LogP contribution in [0.3, 0.4) is 0 Å². The van der Waals surface area contributed by atoms with Crippen LogP contribution in [0.15, 0.2) is 12.8 Å². The number of unbranched alkanes of at least 4 members (excludes halogenated alkanes) is 2. The second-order valence-corrected chi connectivity index (χ2v) is 4.24. The van der Waals surface area contributed by atoms with E-state index in [9.17, 15) is 0 Å². The number of ether oxygens (including phenoxy) is 2. The topological polar surface area (TPSA) is 18.5 Å². The van der Waals surface area contributed by atoms with Crippen molar-refractivity contribution < 1.29 is 9.47 Å². The Hall–Kier alpha value is -0.500. The Labute approximate surface area is 101 Å². The third-order valence-electron chi connectivity index (χ3n) is 2.82. The van der Waals surface area contributed by atoms with Crippen molar-refractivity contribution >= 4 is 0 Å². The Morgan fingerprint density at radius 3 is 2.50 bits per heavy atom. The maximum absolute atomic E-state index is 5.68. The molecule has 96 valence electrons. The van der Waals surface area contributed by atoms with E-state index in [0.717, 1.165) is 38.6 Å². The number of rotatable bonds is 12. The van der Waals surface area contributed by atoms with Crippen LogP contribution in [0.4, 0.5) is 0 Å². The Balaban J connectivity index is 3.23. The lowest BCUT2D eigenvalue weighted by Gasteiger charge is -2.14. The lowest BCUT2D eigenvalue weighted by molar-refractivity contribution is 0.0874. The predicted molar refractivity (Wildman–Crippen MR) is 69.5 cm³/mol. The summed E-state index contributed by atoms with van der Waals surface area (Å²) in [6.07, 6.45) is 8.80. The zero-order valence-corrected chi connectivity index (χ0v) is 11.0. The molecule has 0 radical (unpaired) electrons. The molecule has 0 aromatic heterocycles. The molecular formula is C14H28O2. The second-order valence-electron chi connectivity index (χ2n) is 4.24. The fraction of sp³-hybridized carbons (Fsp3) is 0.857. The van der Waals surface area contributed by atoms with Crippen LogP contribution in [0.1, 0.15) is 52.4 Å². The molecule has 0 aliphatic heterocycles. The van der Waals surface area contributed by atoms with Gasteiger partial charge in [0, 0.05) is 13.2 Å². The van der Waals surface area contributed by atoms with E-state index >= 15 is 0 Å². The van der Waals surface area contributed by atoms with Gasteiger partial charge < -0.3 is 9.47 Å². The van der Waals surface area contributed by atoms with Crippen molar-refractivity contribution in [3.63, 3.8) is 0 Å². The maximum Gasteiger partial charge on any atom is 0.0873 e. The van der Waals surface area contributed by atoms with Gasteiger partial charge in [-0.25, -0.2) is 0 Å². The molecule has 0 fully saturated rings. The smallest absolute Gasteiger partial charge is 0.0873 e. The fourth-order valence-electron chi connectivity index (χ4n) is 1.62. The number of hydrogen-bond acceptors (Lipinski definition) is 2. The Morgan fingerprint density at radius 2 is 1.88 bits per heavy atom. The first kappa shape index (κ1) is 15.5. The van der Waals surface area contributed by atoms with E-state index in [1.165, 1.54) is 31.9 Å². The van der Waals surface area contributed by atoms with Gasteiger partial charge in [-0.2, -0.15) is 0 Å². The summed E-state index contributed by atoms with van der Waals surface area (Å²) in [5, 5.41) is 0. The molecule has 0 aromatic rings. The Bertz CT molecular complexity index is 146. The first-order valence-electron chi connectivity index (χ1n) is 6.65. The van der Waals surface area contributed by atoms with Crippen molar-refractivity contribution in [2.75, 3.05) is 19.8 Å². The SMILES string of the molecule is C=COCCCCOCC(CC)CCCC. The average molecular weight is 228 g/mol. The van der Waals surface area contributed by atoms with E-state index < -0.39 is 0 Å². The van der Waals surface area contributed by atoms with Crippen molar-refractivity contribution in [2.24, 2.45) is 5.92 Å². The van der Waals surface area contributed by atoms with Crippen LogP contribution in [0.25, 0.3) is 0 Å². The van der Waals surface area contributed by atoms with Gasteiger partial charge >= 0.3 is 0 Å². The van der Waals surface area contributed by atoms with Crippen LogP contribution in [0.2, 0.25) is 0 Å². The van der Waals surface area contributed by atoms with Gasteiger partial charge in [-0.15, -0.1) is 0 Å². The van der Waals surface area contributed by atoms with E-state index in [-0.39, 0.29) is 0 Å². The summed E-state index contributed by atoms with van der Waals surface area (Å²) >= 11 is 0. The summed E-state index contributed by atoms with van der Waals surface area (Å²) < 4.78 is 10.7. The highest BCUT2D eigenvalue weighted by molar-refractivity contribution is 4.56. The average Bonchev–Trinajstić information content (AvgIpc) is 2.32. The van der Waals surface area contributed by atoms with E-state index in [0.29, 0.717) is 0 Å². The molecule has 0 saturated heterocycles. The molecule has 0 aliphatic carbocycles. The summed E-state index contributed by atoms with van der Waals surface area (Å²) in [5.74, 6) is 0.754. The predicted octanol–water partition coefficient (Wildman–Crippen LogP) is 4.16. The largest absolute Gasteiger partial charge is 0.502 e. The first-order chi connectivity index (χ1) is 7.85. The molecule has 2 nitrogen and oxygen atoms in total. The second kappa shape index (κ2) is 12.6. The quantitative estimate of drug-likeness (QED) is 0.369. The molecule has 0 bridgehead atoms. The summed E-state index contributed by atoms with van der Waals surface area (Å²) in [7, 11) is 0. The molecule has 0 aliphatic rings. The van der Waals surface area contributed by atoms with Crippen LogP contribution in [0.5, 0.6) is 0 Å². The summed E-state index contributed by atoms with van der Waals surface area (Å²) in [6.45, 7) is 10.6. The van der Waals surface area contributed by atoms with E-state index in [1.54, 1.807) is 0 Å². The summed E-state index contributed by atoms with van der Waals surface area (Å²) in [4.78, 5) is 0. The molecule has 0 aromatic carbocycles. The third kappa shape index (κ3) is 10.0. The zero-order chi connectivity index (χ0) is 12.1. The van der Waals surface area contributed by atoms with Gasteiger partial charge in [-0.3, -0.25) is 0 Å². The monoisotopic (exact) mass is 228 g/mol. The van der Waals surface area contributed by atoms with Gasteiger partial charge in [-0.1, -0.05) is 39.7 Å². The lowest BCUT2D eigenvalue weighted by atomic mass is 10.0. The number of hydrogen-bond donors (Lipinski definition) is 0. The zero-order valence-electron chi connectivity index (χ0n) is 11.0. The van der Waals surface area contributed by atoms with Crippen molar-refractivity contribution in [3.8, 4) is 0 Å². The van der Waals surface area contributed by atoms with Crippen LogP contribution in [-0.2, 0) is 9.47 Å². The highest BCUT2D eigenvalue weighted by atomic mass is 16.5. The van der Waals surface area contributed by atoms with E-state index in [2.05, 4.69) is 20.4 Å². The van der Waals surface area contributed by atoms with Crippen LogP contribution >= 0.6 is 0 Å². The van der Waals surface area contributed by atoms with Crippen molar-refractivity contribution in [1.82, 2.24) is 0 Å². The molecule has 16 heavy (non-hydrogen) atoms. The van der Waals surface area contributed by atoms with Gasteiger partial charge in [0.2, 0.25) is 0 Å². The summed E-state index contributed by atoms with van der Waals surface area (Å²) in [5.41, 5.74) is 0. The molecule has 0 heterocycles. The lowest BCUT2D eigenvalue weighted by Crippen LogP contribution is -2.09. The van der Waals surface area contributed by atoms with Crippen LogP contribution in [0, 0.1) is 5.92 Å². The van der Waals surface area contributed by atoms with Gasteiger partial charge in [0.05, 0.1) is 12.9 Å². The Kier molecular flexibility index (Phi) is 12.2. The molecular weight excluding hydrogens is 200 g/mol. The van der Waals surface area contributed by atoms with Crippen LogP contribution in [-0.4, -0.2) is 19.8 Å². The summed E-state index contributed by atoms with van der Waals surface area (Å²) in [6, 6.07) is 0. The minimum Gasteiger partial charge on any atom is -0.502 e. The van der Waals surface area contributed by atoms with Crippen molar-refractivity contribution in [2.45, 2.75) is 52.4 Å². The molecule has 0 rings (SSSR count). The molecule has 0 saturated carbocycles. The molecule has 2 heteroatoms. The standard InChI is InChI=1S/C14H28O2/c1-4-7-10-14(5-2)13-16-12-9-8-11-15-6-3/h6,14H,3-5,7-13H2,1-2H3. The van der Waals surface area contributed by atoms with Crippen molar-refractivity contribution in [3.05, 3.63) is 12.8 Å². The van der Waals surface area contributed by atoms with E-state index in [4.69, 9.17) is 9.47 Å². The van der Waals surface area contributed by atoms with Gasteiger partial charge in [-0.05, 0) is 25.2 Å². The highest BCUT2D eigenvalue weighted by Gasteiger charge is 2.05. The van der Waals surface area contributed by atoms with Gasteiger partial charge in [0.15, 0.2) is 0 Å². The van der Waals surface area contributed by atoms with Crippen LogP contribution < -0.4 is 0 Å². The highest BCUT2D eigenvalue weighted by Crippen LogP contribution is 2.12. The molecule has 0 amide bonds. The van der Waals surface area contributed by atoms with Crippen molar-refractivity contribution in [1.29, 1.82) is 0 Å². The van der Waals surface area contributed by atoms with Gasteiger partial charge in [0.1, 0.15) is 0 Å². The molecule has 1 atom stereocenters.